The highest BCUT2D eigenvalue weighted by Crippen LogP contribution is 2.09. The van der Waals surface area contributed by atoms with E-state index in [1.165, 1.54) is 103 Å². The van der Waals surface area contributed by atoms with Crippen molar-refractivity contribution in [3.63, 3.8) is 0 Å². The maximum absolute atomic E-state index is 5.48. The number of allylic oxidation sites excluding steroid dienone is 2. The molecule has 2 heteroatoms. The SMILES string of the molecule is CCCCCCCCC=CCCCCCCCCNCCCCN. The van der Waals surface area contributed by atoms with E-state index in [9.17, 15) is 0 Å². The van der Waals surface area contributed by atoms with Crippen molar-refractivity contribution in [1.82, 2.24) is 5.32 Å². The first-order valence-corrected chi connectivity index (χ1v) is 11.0. The molecule has 0 rings (SSSR count). The highest BCUT2D eigenvalue weighted by atomic mass is 14.8. The van der Waals surface area contributed by atoms with Gasteiger partial charge in [-0.1, -0.05) is 76.9 Å². The second-order valence-corrected chi connectivity index (χ2v) is 7.18. The van der Waals surface area contributed by atoms with Crippen molar-refractivity contribution in [2.75, 3.05) is 19.6 Å². The number of hydrogen-bond acceptors (Lipinski definition) is 2. The van der Waals surface area contributed by atoms with Crippen LogP contribution in [-0.4, -0.2) is 19.6 Å². The molecule has 0 saturated carbocycles. The van der Waals surface area contributed by atoms with Gasteiger partial charge in [0.15, 0.2) is 0 Å². The van der Waals surface area contributed by atoms with Crippen molar-refractivity contribution in [1.29, 1.82) is 0 Å². The van der Waals surface area contributed by atoms with Gasteiger partial charge >= 0.3 is 0 Å². The zero-order chi connectivity index (χ0) is 17.6. The summed E-state index contributed by atoms with van der Waals surface area (Å²) in [7, 11) is 0. The largest absolute Gasteiger partial charge is 0.330 e. The molecule has 0 aromatic rings. The first-order valence-electron chi connectivity index (χ1n) is 11.0. The van der Waals surface area contributed by atoms with Crippen LogP contribution in [0.4, 0.5) is 0 Å². The van der Waals surface area contributed by atoms with Crippen LogP contribution in [0.2, 0.25) is 0 Å². The Hall–Kier alpha value is -0.340. The standard InChI is InChI=1S/C22H46N2/c1-2-3-4-5-6-7-8-9-10-11-12-13-14-15-16-18-21-24-22-19-17-20-23/h9-10,24H,2-8,11-23H2,1H3. The third kappa shape index (κ3) is 21.7. The molecule has 0 aromatic heterocycles. The van der Waals surface area contributed by atoms with Gasteiger partial charge in [-0.05, 0) is 64.6 Å². The first kappa shape index (κ1) is 23.7. The van der Waals surface area contributed by atoms with Crippen LogP contribution < -0.4 is 11.1 Å². The summed E-state index contributed by atoms with van der Waals surface area (Å²) in [6, 6.07) is 0. The van der Waals surface area contributed by atoms with Gasteiger partial charge in [0.1, 0.15) is 0 Å². The number of nitrogens with two attached hydrogens (primary N) is 1. The van der Waals surface area contributed by atoms with Gasteiger partial charge in [0.25, 0.3) is 0 Å². The van der Waals surface area contributed by atoms with Crippen molar-refractivity contribution >= 4 is 0 Å². The van der Waals surface area contributed by atoms with Crippen LogP contribution in [0.3, 0.4) is 0 Å². The molecule has 0 aliphatic rings. The number of nitrogens with one attached hydrogen (secondary N) is 1. The topological polar surface area (TPSA) is 38.0 Å². The molecule has 0 amide bonds. The van der Waals surface area contributed by atoms with Crippen molar-refractivity contribution in [2.24, 2.45) is 5.73 Å². The van der Waals surface area contributed by atoms with Crippen LogP contribution in [0.5, 0.6) is 0 Å². The summed E-state index contributed by atoms with van der Waals surface area (Å²) >= 11 is 0. The quantitative estimate of drug-likeness (QED) is 0.200. The Morgan fingerprint density at radius 1 is 0.583 bits per heavy atom. The van der Waals surface area contributed by atoms with E-state index in [-0.39, 0.29) is 0 Å². The number of rotatable bonds is 20. The fourth-order valence-corrected chi connectivity index (χ4v) is 3.02. The van der Waals surface area contributed by atoms with Gasteiger partial charge in [-0.25, -0.2) is 0 Å². The maximum Gasteiger partial charge on any atom is -0.00484 e. The summed E-state index contributed by atoms with van der Waals surface area (Å²) in [5.41, 5.74) is 5.48. The van der Waals surface area contributed by atoms with Gasteiger partial charge < -0.3 is 11.1 Å². The van der Waals surface area contributed by atoms with E-state index in [1.54, 1.807) is 0 Å². The Balaban J connectivity index is 3.03. The minimum atomic E-state index is 0.829. The smallest absolute Gasteiger partial charge is 0.00484 e. The lowest BCUT2D eigenvalue weighted by atomic mass is 10.1. The van der Waals surface area contributed by atoms with E-state index >= 15 is 0 Å². The van der Waals surface area contributed by atoms with E-state index in [4.69, 9.17) is 5.73 Å². The molecule has 0 aliphatic carbocycles. The molecule has 0 saturated heterocycles. The molecule has 0 unspecified atom stereocenters. The second kappa shape index (κ2) is 22.7. The molecule has 0 bridgehead atoms. The fraction of sp³-hybridized carbons (Fsp3) is 0.909. The first-order chi connectivity index (χ1) is 11.9. The van der Waals surface area contributed by atoms with Crippen LogP contribution in [0.1, 0.15) is 110 Å². The molecular formula is C22H46N2. The van der Waals surface area contributed by atoms with Gasteiger partial charge in [0, 0.05) is 0 Å². The maximum atomic E-state index is 5.48. The predicted octanol–water partition coefficient (Wildman–Crippen LogP) is 6.35. The molecule has 24 heavy (non-hydrogen) atoms. The van der Waals surface area contributed by atoms with Gasteiger partial charge in [-0.3, -0.25) is 0 Å². The summed E-state index contributed by atoms with van der Waals surface area (Å²) in [6.07, 6.45) is 26.6. The molecule has 0 aromatic carbocycles. The highest BCUT2D eigenvalue weighted by molar-refractivity contribution is 4.81. The van der Waals surface area contributed by atoms with Gasteiger partial charge in [0.05, 0.1) is 0 Å². The normalized spacial score (nSPS) is 11.6. The minimum absolute atomic E-state index is 0.829. The Labute approximate surface area is 153 Å². The molecule has 144 valence electrons. The molecular weight excluding hydrogens is 292 g/mol. The second-order valence-electron chi connectivity index (χ2n) is 7.18. The lowest BCUT2D eigenvalue weighted by Gasteiger charge is -2.04. The van der Waals surface area contributed by atoms with E-state index < -0.39 is 0 Å². The average molecular weight is 339 g/mol. The Morgan fingerprint density at radius 3 is 1.58 bits per heavy atom. The van der Waals surface area contributed by atoms with Crippen LogP contribution in [0, 0.1) is 0 Å². The van der Waals surface area contributed by atoms with Crippen molar-refractivity contribution in [3.8, 4) is 0 Å². The van der Waals surface area contributed by atoms with Crippen LogP contribution >= 0.6 is 0 Å². The third-order valence-electron chi connectivity index (χ3n) is 4.67. The van der Waals surface area contributed by atoms with E-state index in [0.717, 1.165) is 19.5 Å². The number of unbranched alkanes of at least 4 members (excludes halogenated alkanes) is 13. The molecule has 3 N–H and O–H groups in total. The third-order valence-corrected chi connectivity index (χ3v) is 4.67. The van der Waals surface area contributed by atoms with Crippen LogP contribution in [0.25, 0.3) is 0 Å². The zero-order valence-electron chi connectivity index (χ0n) is 16.7. The molecule has 0 aliphatic heterocycles. The summed E-state index contributed by atoms with van der Waals surface area (Å²) in [4.78, 5) is 0. The zero-order valence-corrected chi connectivity index (χ0v) is 16.7. The molecule has 0 spiro atoms. The summed E-state index contributed by atoms with van der Waals surface area (Å²) in [6.45, 7) is 5.44. The van der Waals surface area contributed by atoms with Crippen LogP contribution in [0.15, 0.2) is 12.2 Å². The Kier molecular flexibility index (Phi) is 22.3. The number of hydrogen-bond donors (Lipinski definition) is 2. The monoisotopic (exact) mass is 338 g/mol. The summed E-state index contributed by atoms with van der Waals surface area (Å²) < 4.78 is 0. The predicted molar refractivity (Wildman–Crippen MR) is 111 cm³/mol. The van der Waals surface area contributed by atoms with E-state index in [1.807, 2.05) is 0 Å². The molecule has 2 nitrogen and oxygen atoms in total. The average Bonchev–Trinajstić information content (AvgIpc) is 2.60. The lowest BCUT2D eigenvalue weighted by Crippen LogP contribution is -2.17. The van der Waals surface area contributed by atoms with Crippen molar-refractivity contribution in [2.45, 2.75) is 110 Å². The van der Waals surface area contributed by atoms with E-state index in [0.29, 0.717) is 0 Å². The Morgan fingerprint density at radius 2 is 1.04 bits per heavy atom. The van der Waals surface area contributed by atoms with Crippen LogP contribution in [-0.2, 0) is 0 Å². The molecule has 0 heterocycles. The van der Waals surface area contributed by atoms with Gasteiger partial charge in [-0.2, -0.15) is 0 Å². The summed E-state index contributed by atoms with van der Waals surface area (Å²) in [5.74, 6) is 0. The fourth-order valence-electron chi connectivity index (χ4n) is 3.02. The Bertz CT molecular complexity index is 238. The van der Waals surface area contributed by atoms with E-state index in [2.05, 4.69) is 24.4 Å². The van der Waals surface area contributed by atoms with Crippen molar-refractivity contribution < 1.29 is 0 Å². The van der Waals surface area contributed by atoms with Crippen molar-refractivity contribution in [3.05, 3.63) is 12.2 Å². The van der Waals surface area contributed by atoms with Gasteiger partial charge in [-0.15, -0.1) is 0 Å². The van der Waals surface area contributed by atoms with Gasteiger partial charge in [0.2, 0.25) is 0 Å². The minimum Gasteiger partial charge on any atom is -0.330 e. The summed E-state index contributed by atoms with van der Waals surface area (Å²) in [5, 5.41) is 3.51. The molecule has 0 radical (unpaired) electrons. The molecule has 0 fully saturated rings. The molecule has 0 atom stereocenters. The highest BCUT2D eigenvalue weighted by Gasteiger charge is 1.92. The lowest BCUT2D eigenvalue weighted by molar-refractivity contribution is 0.556.